The van der Waals surface area contributed by atoms with Gasteiger partial charge in [0, 0.05) is 6.54 Å². The van der Waals surface area contributed by atoms with Crippen LogP contribution in [0.3, 0.4) is 0 Å². The molecule has 0 saturated heterocycles. The molecule has 1 unspecified atom stereocenters. The zero-order valence-corrected chi connectivity index (χ0v) is 25.2. The summed E-state index contributed by atoms with van der Waals surface area (Å²) in [6.07, 6.45) is -1.71. The molecule has 184 valence electrons. The van der Waals surface area contributed by atoms with Crippen molar-refractivity contribution >= 4 is 32.4 Å². The molecule has 1 aliphatic heterocycles. The van der Waals surface area contributed by atoms with Gasteiger partial charge in [0.25, 0.3) is 0 Å². The van der Waals surface area contributed by atoms with Crippen LogP contribution in [0.1, 0.15) is 39.4 Å². The van der Waals surface area contributed by atoms with Gasteiger partial charge in [0.1, 0.15) is 20.2 Å². The molecule has 7 nitrogen and oxygen atoms in total. The number of halogens is 3. The fraction of sp³-hybridized carbons (Fsp3) is 0.130. The first-order valence-electron chi connectivity index (χ1n) is 10.0. The number of hydrogen-bond donors (Lipinski definition) is 1. The van der Waals surface area contributed by atoms with Crippen molar-refractivity contribution in [2.45, 2.75) is 28.6 Å². The molecule has 0 fully saturated rings. The molecule has 37 heavy (non-hydrogen) atoms. The van der Waals surface area contributed by atoms with E-state index in [1.54, 1.807) is 24.3 Å². The summed E-state index contributed by atoms with van der Waals surface area (Å²) in [7, 11) is -10.0. The molecule has 1 atom stereocenters. The summed E-state index contributed by atoms with van der Waals surface area (Å²) in [6, 6.07) is 12.4. The van der Waals surface area contributed by atoms with Gasteiger partial charge in [-0.3, -0.25) is 0 Å². The van der Waals surface area contributed by atoms with E-state index in [1.165, 1.54) is 18.2 Å². The second-order valence-electron chi connectivity index (χ2n) is 7.83. The maximum atomic E-state index is 13.1. The van der Waals surface area contributed by atoms with Crippen molar-refractivity contribution in [2.24, 2.45) is 0 Å². The molecule has 3 aromatic rings. The maximum Gasteiger partial charge on any atom is 1.00 e. The Kier molecular flexibility index (Phi) is 10.4. The number of hydrogen-bond acceptors (Lipinski definition) is 7. The predicted molar refractivity (Wildman–Crippen MR) is 118 cm³/mol. The molecule has 1 aliphatic rings. The third kappa shape index (κ3) is 7.55. The van der Waals surface area contributed by atoms with E-state index in [2.05, 4.69) is 5.32 Å². The van der Waals surface area contributed by atoms with Gasteiger partial charge in [0.15, 0.2) is 0 Å². The zero-order valence-electron chi connectivity index (χ0n) is 19.6. The molecule has 0 spiro atoms. The summed E-state index contributed by atoms with van der Waals surface area (Å²) in [4.78, 5) is -1.69. The molecule has 0 aliphatic carbocycles. The number of nitrogens with one attached hydrogen (secondary N) is 1. The minimum absolute atomic E-state index is 0. The van der Waals surface area contributed by atoms with Crippen molar-refractivity contribution < 1.29 is 98.2 Å². The van der Waals surface area contributed by atoms with Crippen LogP contribution in [0, 0.1) is 0 Å². The molecule has 3 aromatic carbocycles. The van der Waals surface area contributed by atoms with Crippen LogP contribution < -0.4 is 64.4 Å². The van der Waals surface area contributed by atoms with E-state index < -0.39 is 47.8 Å². The van der Waals surface area contributed by atoms with Crippen molar-refractivity contribution in [1.82, 2.24) is 5.32 Å². The molecule has 0 bridgehead atoms. The van der Waals surface area contributed by atoms with Crippen LogP contribution in [0.2, 0.25) is 0 Å². The minimum Gasteiger partial charge on any atom is -0.744 e. The van der Waals surface area contributed by atoms with Crippen LogP contribution in [0.4, 0.5) is 13.2 Å². The van der Waals surface area contributed by atoms with Gasteiger partial charge in [-0.15, -0.1) is 0 Å². The van der Waals surface area contributed by atoms with Crippen LogP contribution in [-0.2, 0) is 33.0 Å². The number of fused-ring (bicyclic) bond motifs is 1. The maximum absolute atomic E-state index is 13.1. The van der Waals surface area contributed by atoms with Gasteiger partial charge in [-0.05, 0) is 52.1 Å². The Morgan fingerprint density at radius 1 is 0.838 bits per heavy atom. The van der Waals surface area contributed by atoms with E-state index in [-0.39, 0.29) is 64.7 Å². The van der Waals surface area contributed by atoms with Crippen molar-refractivity contribution in [3.05, 3.63) is 94.0 Å². The zero-order chi connectivity index (χ0) is 25.6. The first-order valence-corrected chi connectivity index (χ1v) is 12.8. The topological polar surface area (TPSA) is 126 Å². The molecule has 1 N–H and O–H groups in total. The first-order chi connectivity index (χ1) is 16.2. The molecule has 1 heterocycles. The van der Waals surface area contributed by atoms with Gasteiger partial charge in [-0.25, -0.2) is 16.8 Å². The molecular weight excluding hydrogens is 553 g/mol. The monoisotopic (exact) mass is 569 g/mol. The van der Waals surface area contributed by atoms with E-state index in [4.69, 9.17) is 0 Å². The average molecular weight is 569 g/mol. The summed E-state index contributed by atoms with van der Waals surface area (Å²) in [5.41, 5.74) is 1.74. The Morgan fingerprint density at radius 2 is 1.49 bits per heavy atom. The number of benzene rings is 3. The number of rotatable bonds is 5. The van der Waals surface area contributed by atoms with Gasteiger partial charge >= 0.3 is 65.3 Å². The van der Waals surface area contributed by atoms with Gasteiger partial charge in [0.05, 0.1) is 21.4 Å². The SMILES string of the molecule is O=S(=O)([O-])c1ccc(C=Cc2ccc(C3NCc4ccc(C(F)(F)F)cc43)cc2)c(S(=O)(=O)[O-])c1.[Na+].[Na+]. The molecular formula is C23H16F3NNa2O6S2. The first kappa shape index (κ1) is 32.2. The summed E-state index contributed by atoms with van der Waals surface area (Å²) < 4.78 is 107. The Bertz CT molecular complexity index is 1540. The molecule has 4 rings (SSSR count). The Hall–Kier alpha value is -1.03. The van der Waals surface area contributed by atoms with Crippen molar-refractivity contribution in [1.29, 1.82) is 0 Å². The largest absolute Gasteiger partial charge is 1.00 e. The third-order valence-electron chi connectivity index (χ3n) is 5.55. The predicted octanol–water partition coefficient (Wildman–Crippen LogP) is -2.12. The summed E-state index contributed by atoms with van der Waals surface area (Å²) in [5.74, 6) is 0. The standard InChI is InChI=1S/C23H18F3NO6S2.2Na/c24-23(25,26)18-9-7-17-13-27-22(20(17)11-18)16-5-2-14(3-6-16)1-4-15-8-10-19(34(28,29)30)12-21(15)35(31,32)33;;/h1-12,22,27H,13H2,(H,28,29,30)(H,31,32,33);;/q;2*+1/p-2. The minimum atomic E-state index is -5.07. The van der Waals surface area contributed by atoms with Gasteiger partial charge in [0.2, 0.25) is 0 Å². The van der Waals surface area contributed by atoms with Crippen molar-refractivity contribution in [3.8, 4) is 0 Å². The molecule has 0 saturated carbocycles. The Morgan fingerprint density at radius 3 is 2.05 bits per heavy atom. The third-order valence-corrected chi connectivity index (χ3v) is 7.27. The molecule has 0 aromatic heterocycles. The molecule has 14 heteroatoms. The second-order valence-corrected chi connectivity index (χ2v) is 10.6. The van der Waals surface area contributed by atoms with E-state index in [0.717, 1.165) is 29.8 Å². The molecule has 0 amide bonds. The van der Waals surface area contributed by atoms with Crippen molar-refractivity contribution in [3.63, 3.8) is 0 Å². The second kappa shape index (κ2) is 12.0. The molecule has 0 radical (unpaired) electrons. The smallest absolute Gasteiger partial charge is 0.744 e. The fourth-order valence-corrected chi connectivity index (χ4v) is 5.10. The van der Waals surface area contributed by atoms with E-state index in [1.807, 2.05) is 0 Å². The van der Waals surface area contributed by atoms with Gasteiger partial charge in [-0.2, -0.15) is 13.2 Å². The van der Waals surface area contributed by atoms with Crippen LogP contribution in [-0.4, -0.2) is 25.9 Å². The Labute approximate surface area is 256 Å². The van der Waals surface area contributed by atoms with Crippen molar-refractivity contribution in [2.75, 3.05) is 0 Å². The van der Waals surface area contributed by atoms with Gasteiger partial charge < -0.3 is 14.4 Å². The summed E-state index contributed by atoms with van der Waals surface area (Å²) >= 11 is 0. The van der Waals surface area contributed by atoms with E-state index in [0.29, 0.717) is 29.3 Å². The number of alkyl halides is 3. The average Bonchev–Trinajstić information content (AvgIpc) is 3.19. The van der Waals surface area contributed by atoms with Crippen LogP contribution in [0.25, 0.3) is 12.2 Å². The summed E-state index contributed by atoms with van der Waals surface area (Å²) in [6.45, 7) is 0.418. The van der Waals surface area contributed by atoms with E-state index in [9.17, 15) is 39.1 Å². The van der Waals surface area contributed by atoms with Crippen LogP contribution in [0.5, 0.6) is 0 Å². The van der Waals surface area contributed by atoms with E-state index >= 15 is 0 Å². The quantitative estimate of drug-likeness (QED) is 0.212. The fourth-order valence-electron chi connectivity index (χ4n) is 3.83. The van der Waals surface area contributed by atoms with Crippen LogP contribution >= 0.6 is 0 Å². The normalized spacial score (nSPS) is 15.6. The Balaban J connectivity index is 0.00000241. The summed E-state index contributed by atoms with van der Waals surface area (Å²) in [5, 5.41) is 3.17. The van der Waals surface area contributed by atoms with Crippen LogP contribution in [0.15, 0.2) is 70.5 Å². The van der Waals surface area contributed by atoms with Gasteiger partial charge in [-0.1, -0.05) is 48.6 Å².